The smallest absolute Gasteiger partial charge is 0.315 e. The van der Waals surface area contributed by atoms with Crippen molar-refractivity contribution in [3.63, 3.8) is 0 Å². The van der Waals surface area contributed by atoms with Crippen molar-refractivity contribution in [1.29, 1.82) is 0 Å². The molecule has 0 radical (unpaired) electrons. The molecule has 0 aliphatic heterocycles. The predicted molar refractivity (Wildman–Crippen MR) is 74.1 cm³/mol. The molecule has 0 saturated heterocycles. The highest BCUT2D eigenvalue weighted by molar-refractivity contribution is 5.75. The van der Waals surface area contributed by atoms with Crippen molar-refractivity contribution < 1.29 is 27.1 Å². The maximum Gasteiger partial charge on any atom is 0.315 e. The second-order valence-corrected chi connectivity index (χ2v) is 4.61. The van der Waals surface area contributed by atoms with E-state index in [9.17, 15) is 22.4 Å². The van der Waals surface area contributed by atoms with Crippen LogP contribution in [0.4, 0.5) is 17.6 Å². The lowest BCUT2D eigenvalue weighted by atomic mass is 10.1. The van der Waals surface area contributed by atoms with Gasteiger partial charge in [0.2, 0.25) is 17.4 Å². The highest BCUT2D eigenvalue weighted by Crippen LogP contribution is 2.26. The lowest BCUT2D eigenvalue weighted by molar-refractivity contribution is -0.134. The molecule has 0 aromatic heterocycles. The van der Waals surface area contributed by atoms with E-state index in [4.69, 9.17) is 6.57 Å². The largest absolute Gasteiger partial charge is 0.420 e. The molecular formula is C16H10F4NO2+. The van der Waals surface area contributed by atoms with Gasteiger partial charge in [-0.25, -0.2) is 8.78 Å². The van der Waals surface area contributed by atoms with Crippen LogP contribution in [0.2, 0.25) is 0 Å². The molecule has 0 aliphatic rings. The minimum Gasteiger partial charge on any atom is -0.420 e. The standard InChI is InChI=1S/C16H10F4NO2/c1-21-8-10-4-2-9(3-5-10)6-13(22)23-16-14(19)11(17)7-12(18)15(16)20/h1-5,7H,6,8H2/q+1. The molecule has 7 heteroatoms. The van der Waals surface area contributed by atoms with E-state index in [1.165, 1.54) is 0 Å². The number of carbonyl (C=O) groups is 1. The van der Waals surface area contributed by atoms with Crippen LogP contribution in [0, 0.1) is 29.8 Å². The Balaban J connectivity index is 2.13. The van der Waals surface area contributed by atoms with Crippen molar-refractivity contribution in [2.75, 3.05) is 0 Å². The average molecular weight is 324 g/mol. The van der Waals surface area contributed by atoms with E-state index >= 15 is 0 Å². The molecule has 2 rings (SSSR count). The number of esters is 1. The lowest BCUT2D eigenvalue weighted by Gasteiger charge is -2.08. The Morgan fingerprint density at radius 1 is 1.00 bits per heavy atom. The molecule has 118 valence electrons. The Hall–Kier alpha value is -2.88. The van der Waals surface area contributed by atoms with Gasteiger partial charge >= 0.3 is 5.97 Å². The maximum atomic E-state index is 13.4. The first kappa shape index (κ1) is 16.5. The molecule has 0 bridgehead atoms. The molecule has 23 heavy (non-hydrogen) atoms. The van der Waals surface area contributed by atoms with Gasteiger partial charge in [0, 0.05) is 11.6 Å². The number of rotatable bonds is 4. The monoisotopic (exact) mass is 324 g/mol. The second kappa shape index (κ2) is 6.92. The quantitative estimate of drug-likeness (QED) is 0.370. The van der Waals surface area contributed by atoms with Crippen molar-refractivity contribution in [3.8, 4) is 12.3 Å². The van der Waals surface area contributed by atoms with E-state index in [-0.39, 0.29) is 12.5 Å². The molecule has 0 N–H and O–H groups in total. The van der Waals surface area contributed by atoms with Gasteiger partial charge in [0.25, 0.3) is 13.1 Å². The summed E-state index contributed by atoms with van der Waals surface area (Å²) >= 11 is 0. The Labute approximate surface area is 128 Å². The topological polar surface area (TPSA) is 30.7 Å². The van der Waals surface area contributed by atoms with Gasteiger partial charge in [-0.1, -0.05) is 29.1 Å². The molecule has 2 aromatic carbocycles. The first-order chi connectivity index (χ1) is 10.9. The van der Waals surface area contributed by atoms with Crippen LogP contribution in [0.1, 0.15) is 11.1 Å². The number of nitrogens with zero attached hydrogens (tertiary/aromatic N) is 1. The van der Waals surface area contributed by atoms with Gasteiger partial charge in [-0.05, 0) is 5.56 Å². The maximum absolute atomic E-state index is 13.4. The van der Waals surface area contributed by atoms with Crippen LogP contribution in [0.5, 0.6) is 5.75 Å². The highest BCUT2D eigenvalue weighted by Gasteiger charge is 2.23. The first-order valence-corrected chi connectivity index (χ1v) is 6.40. The third-order valence-corrected chi connectivity index (χ3v) is 2.93. The summed E-state index contributed by atoms with van der Waals surface area (Å²) in [6, 6.07) is 6.48. The van der Waals surface area contributed by atoms with Gasteiger partial charge in [-0.2, -0.15) is 8.78 Å². The van der Waals surface area contributed by atoms with Gasteiger partial charge in [0.15, 0.2) is 11.6 Å². The molecule has 3 nitrogen and oxygen atoms in total. The number of ether oxygens (including phenoxy) is 1. The lowest BCUT2D eigenvalue weighted by Crippen LogP contribution is -2.14. The Bertz CT molecular complexity index is 756. The Morgan fingerprint density at radius 3 is 2.04 bits per heavy atom. The van der Waals surface area contributed by atoms with Gasteiger partial charge in [0.1, 0.15) is 0 Å². The molecule has 0 fully saturated rings. The summed E-state index contributed by atoms with van der Waals surface area (Å²) < 4.78 is 57.3. The van der Waals surface area contributed by atoms with Crippen LogP contribution >= 0.6 is 0 Å². The minimum absolute atomic E-state index is 0.0310. The van der Waals surface area contributed by atoms with Crippen molar-refractivity contribution in [2.45, 2.75) is 13.0 Å². The van der Waals surface area contributed by atoms with Crippen LogP contribution in [-0.2, 0) is 17.8 Å². The van der Waals surface area contributed by atoms with E-state index in [1.54, 1.807) is 24.3 Å². The van der Waals surface area contributed by atoms with Crippen LogP contribution in [-0.4, -0.2) is 5.97 Å². The van der Waals surface area contributed by atoms with E-state index in [2.05, 4.69) is 9.58 Å². The highest BCUT2D eigenvalue weighted by atomic mass is 19.2. The van der Waals surface area contributed by atoms with E-state index in [0.717, 1.165) is 5.56 Å². The molecular weight excluding hydrogens is 314 g/mol. The zero-order chi connectivity index (χ0) is 17.0. The summed E-state index contributed by atoms with van der Waals surface area (Å²) in [7, 11) is 0. The number of hydrogen-bond donors (Lipinski definition) is 0. The fourth-order valence-corrected chi connectivity index (χ4v) is 1.83. The molecule has 0 amide bonds. The summed E-state index contributed by atoms with van der Waals surface area (Å²) in [4.78, 5) is 15.1. The summed E-state index contributed by atoms with van der Waals surface area (Å²) in [5.74, 6) is -9.30. The summed E-state index contributed by atoms with van der Waals surface area (Å²) in [6.45, 7) is 5.33. The molecule has 0 unspecified atom stereocenters. The van der Waals surface area contributed by atoms with Crippen LogP contribution < -0.4 is 4.74 Å². The molecule has 0 aliphatic carbocycles. The summed E-state index contributed by atoms with van der Waals surface area (Å²) in [6.07, 6.45) is -0.336. The zero-order valence-corrected chi connectivity index (χ0v) is 11.7. The third kappa shape index (κ3) is 3.86. The Morgan fingerprint density at radius 2 is 1.52 bits per heavy atom. The predicted octanol–water partition coefficient (Wildman–Crippen LogP) is 3.85. The van der Waals surface area contributed by atoms with Crippen LogP contribution in [0.25, 0.3) is 4.85 Å². The van der Waals surface area contributed by atoms with Gasteiger partial charge in [-0.3, -0.25) is 4.79 Å². The number of hydrogen-bond acceptors (Lipinski definition) is 2. The fraction of sp³-hybridized carbons (Fsp3) is 0.125. The minimum atomic E-state index is -1.77. The van der Waals surface area contributed by atoms with E-state index in [1.807, 2.05) is 0 Å². The summed E-state index contributed by atoms with van der Waals surface area (Å²) in [5, 5.41) is 0. The molecule has 0 heterocycles. The Kier molecular flexibility index (Phi) is 4.96. The number of benzene rings is 2. The van der Waals surface area contributed by atoms with Crippen molar-refractivity contribution >= 4 is 5.97 Å². The summed E-state index contributed by atoms with van der Waals surface area (Å²) in [5.41, 5.74) is 1.28. The zero-order valence-electron chi connectivity index (χ0n) is 11.7. The van der Waals surface area contributed by atoms with Gasteiger partial charge in [-0.15, -0.1) is 0 Å². The van der Waals surface area contributed by atoms with Crippen LogP contribution in [0.15, 0.2) is 30.3 Å². The van der Waals surface area contributed by atoms with Crippen molar-refractivity contribution in [1.82, 2.24) is 0 Å². The van der Waals surface area contributed by atoms with Gasteiger partial charge < -0.3 is 4.74 Å². The molecule has 0 spiro atoms. The SMILES string of the molecule is C#[N+]Cc1ccc(CC(=O)Oc2c(F)c(F)cc(F)c2F)cc1. The molecule has 2 aromatic rings. The molecule has 0 atom stereocenters. The number of halogens is 4. The second-order valence-electron chi connectivity index (χ2n) is 4.61. The number of carbonyl (C=O) groups excluding carboxylic acids is 1. The van der Waals surface area contributed by atoms with Crippen molar-refractivity contribution in [3.05, 3.63) is 69.6 Å². The normalized spacial score (nSPS) is 10.2. The van der Waals surface area contributed by atoms with Crippen molar-refractivity contribution in [2.24, 2.45) is 0 Å². The van der Waals surface area contributed by atoms with Gasteiger partial charge in [0.05, 0.1) is 6.42 Å². The third-order valence-electron chi connectivity index (χ3n) is 2.93. The fourth-order valence-electron chi connectivity index (χ4n) is 1.83. The van der Waals surface area contributed by atoms with E-state index in [0.29, 0.717) is 12.1 Å². The van der Waals surface area contributed by atoms with Crippen LogP contribution in [0.3, 0.4) is 0 Å². The van der Waals surface area contributed by atoms with E-state index < -0.39 is 35.0 Å². The average Bonchev–Trinajstić information content (AvgIpc) is 2.52. The molecule has 0 saturated carbocycles. The first-order valence-electron chi connectivity index (χ1n) is 6.40.